The smallest absolute Gasteiger partial charge is 0.145 e. The van der Waals surface area contributed by atoms with Gasteiger partial charge in [0.2, 0.25) is 0 Å². The fourth-order valence-corrected chi connectivity index (χ4v) is 2.16. The predicted molar refractivity (Wildman–Crippen MR) is 73.2 cm³/mol. The average molecular weight is 351 g/mol. The molecule has 2 aromatic rings. The molecule has 0 saturated carbocycles. The molecule has 1 heterocycles. The number of rotatable bonds is 2. The zero-order valence-electron chi connectivity index (χ0n) is 9.18. The van der Waals surface area contributed by atoms with Gasteiger partial charge >= 0.3 is 0 Å². The Morgan fingerprint density at radius 2 is 1.94 bits per heavy atom. The maximum absolute atomic E-state index is 13.4. The van der Waals surface area contributed by atoms with Crippen molar-refractivity contribution >= 4 is 39.1 Å². The van der Waals surface area contributed by atoms with Crippen molar-refractivity contribution in [3.63, 3.8) is 0 Å². The molecule has 0 bridgehead atoms. The summed E-state index contributed by atoms with van der Waals surface area (Å²) < 4.78 is 19.5. The van der Waals surface area contributed by atoms with E-state index in [-0.39, 0.29) is 5.02 Å². The van der Waals surface area contributed by atoms with Gasteiger partial charge in [0.25, 0.3) is 0 Å². The van der Waals surface area contributed by atoms with Gasteiger partial charge in [-0.2, -0.15) is 0 Å². The van der Waals surface area contributed by atoms with Crippen LogP contribution in [0.4, 0.5) is 4.39 Å². The highest BCUT2D eigenvalue weighted by Crippen LogP contribution is 2.35. The van der Waals surface area contributed by atoms with Gasteiger partial charge in [-0.15, -0.1) is 0 Å². The standard InChI is InChI=1S/C12H7BrCl2FNO/c1-6-5-17-12(15)4-10(6)18-11-3-9(16)8(14)2-7(11)13/h2-5H,1H3. The van der Waals surface area contributed by atoms with E-state index in [4.69, 9.17) is 27.9 Å². The average Bonchev–Trinajstić information content (AvgIpc) is 2.30. The summed E-state index contributed by atoms with van der Waals surface area (Å²) in [5.74, 6) is 0.285. The molecule has 0 fully saturated rings. The van der Waals surface area contributed by atoms with E-state index >= 15 is 0 Å². The summed E-state index contributed by atoms with van der Waals surface area (Å²) in [6, 6.07) is 4.21. The lowest BCUT2D eigenvalue weighted by molar-refractivity contribution is 0.469. The SMILES string of the molecule is Cc1cnc(Cl)cc1Oc1cc(F)c(Cl)cc1Br. The topological polar surface area (TPSA) is 22.1 Å². The largest absolute Gasteiger partial charge is 0.456 e. The van der Waals surface area contributed by atoms with Crippen molar-refractivity contribution < 1.29 is 9.13 Å². The minimum atomic E-state index is -0.548. The summed E-state index contributed by atoms with van der Waals surface area (Å²) in [4.78, 5) is 3.91. The number of hydrogen-bond donors (Lipinski definition) is 0. The third-order valence-corrected chi connectivity index (χ3v) is 3.33. The molecular formula is C12H7BrCl2FNO. The van der Waals surface area contributed by atoms with Crippen LogP contribution in [-0.4, -0.2) is 4.98 Å². The van der Waals surface area contributed by atoms with Crippen LogP contribution in [0.5, 0.6) is 11.5 Å². The van der Waals surface area contributed by atoms with E-state index in [2.05, 4.69) is 20.9 Å². The fourth-order valence-electron chi connectivity index (χ4n) is 1.29. The number of aryl methyl sites for hydroxylation is 1. The lowest BCUT2D eigenvalue weighted by Crippen LogP contribution is -1.91. The van der Waals surface area contributed by atoms with Crippen LogP contribution in [0.2, 0.25) is 10.2 Å². The van der Waals surface area contributed by atoms with Crippen LogP contribution in [0.15, 0.2) is 28.9 Å². The Morgan fingerprint density at radius 3 is 2.67 bits per heavy atom. The summed E-state index contributed by atoms with van der Waals surface area (Å²) in [5, 5.41) is 0.333. The minimum absolute atomic E-state index is 0.0266. The van der Waals surface area contributed by atoms with Crippen molar-refractivity contribution in [1.82, 2.24) is 4.98 Å². The molecule has 0 aliphatic carbocycles. The number of pyridine rings is 1. The molecule has 1 aromatic heterocycles. The van der Waals surface area contributed by atoms with Crippen molar-refractivity contribution in [1.29, 1.82) is 0 Å². The molecule has 0 atom stereocenters. The molecule has 94 valence electrons. The summed E-state index contributed by atoms with van der Waals surface area (Å²) in [6.45, 7) is 1.82. The first-order valence-electron chi connectivity index (χ1n) is 4.92. The van der Waals surface area contributed by atoms with Crippen LogP contribution in [-0.2, 0) is 0 Å². The molecule has 6 heteroatoms. The number of ether oxygens (including phenoxy) is 1. The summed E-state index contributed by atoms with van der Waals surface area (Å²) in [6.07, 6.45) is 1.58. The van der Waals surface area contributed by atoms with E-state index in [1.807, 2.05) is 6.92 Å². The monoisotopic (exact) mass is 349 g/mol. The van der Waals surface area contributed by atoms with Crippen molar-refractivity contribution in [3.8, 4) is 11.5 Å². The first kappa shape index (κ1) is 13.6. The van der Waals surface area contributed by atoms with E-state index in [0.717, 1.165) is 5.56 Å². The molecule has 0 unspecified atom stereocenters. The van der Waals surface area contributed by atoms with Gasteiger partial charge in [-0.05, 0) is 28.9 Å². The maximum Gasteiger partial charge on any atom is 0.145 e. The number of halogens is 4. The molecule has 0 radical (unpaired) electrons. The molecule has 0 aliphatic heterocycles. The lowest BCUT2D eigenvalue weighted by atomic mass is 10.3. The molecule has 0 spiro atoms. The summed E-state index contributed by atoms with van der Waals surface area (Å²) >= 11 is 14.7. The zero-order chi connectivity index (χ0) is 13.3. The summed E-state index contributed by atoms with van der Waals surface area (Å²) in [5.41, 5.74) is 0.793. The van der Waals surface area contributed by atoms with Crippen LogP contribution >= 0.6 is 39.1 Å². The summed E-state index contributed by atoms with van der Waals surface area (Å²) in [7, 11) is 0. The minimum Gasteiger partial charge on any atom is -0.456 e. The zero-order valence-corrected chi connectivity index (χ0v) is 12.3. The van der Waals surface area contributed by atoms with Gasteiger partial charge in [0.1, 0.15) is 22.5 Å². The second-order valence-corrected chi connectivity index (χ2v) is 5.22. The second-order valence-electron chi connectivity index (χ2n) is 3.57. The van der Waals surface area contributed by atoms with Crippen molar-refractivity contribution in [3.05, 3.63) is 50.4 Å². The van der Waals surface area contributed by atoms with Crippen molar-refractivity contribution in [2.75, 3.05) is 0 Å². The second kappa shape index (κ2) is 5.43. The maximum atomic E-state index is 13.4. The molecule has 2 rings (SSSR count). The molecule has 2 nitrogen and oxygen atoms in total. The number of hydrogen-bond acceptors (Lipinski definition) is 2. The highest BCUT2D eigenvalue weighted by Gasteiger charge is 2.10. The predicted octanol–water partition coefficient (Wildman–Crippen LogP) is 5.39. The van der Waals surface area contributed by atoms with E-state index in [9.17, 15) is 4.39 Å². The van der Waals surface area contributed by atoms with E-state index in [0.29, 0.717) is 21.1 Å². The third kappa shape index (κ3) is 2.94. The van der Waals surface area contributed by atoms with Gasteiger partial charge in [0, 0.05) is 23.9 Å². The van der Waals surface area contributed by atoms with Crippen LogP contribution in [0.1, 0.15) is 5.56 Å². The Morgan fingerprint density at radius 1 is 1.22 bits per heavy atom. The van der Waals surface area contributed by atoms with Crippen molar-refractivity contribution in [2.24, 2.45) is 0 Å². The highest BCUT2D eigenvalue weighted by molar-refractivity contribution is 9.10. The highest BCUT2D eigenvalue weighted by atomic mass is 79.9. The van der Waals surface area contributed by atoms with Crippen LogP contribution in [0.3, 0.4) is 0 Å². The first-order valence-corrected chi connectivity index (χ1v) is 6.47. The van der Waals surface area contributed by atoms with E-state index < -0.39 is 5.82 Å². The normalized spacial score (nSPS) is 10.5. The fraction of sp³-hybridized carbons (Fsp3) is 0.0833. The van der Waals surface area contributed by atoms with Crippen LogP contribution in [0.25, 0.3) is 0 Å². The van der Waals surface area contributed by atoms with E-state index in [1.165, 1.54) is 12.1 Å². The van der Waals surface area contributed by atoms with E-state index in [1.54, 1.807) is 12.3 Å². The number of nitrogens with zero attached hydrogens (tertiary/aromatic N) is 1. The Bertz CT molecular complexity index is 607. The quantitative estimate of drug-likeness (QED) is 0.535. The van der Waals surface area contributed by atoms with Gasteiger partial charge < -0.3 is 4.74 Å². The molecule has 0 aliphatic rings. The van der Waals surface area contributed by atoms with Gasteiger partial charge in [-0.1, -0.05) is 23.2 Å². The number of aromatic nitrogens is 1. The Balaban J connectivity index is 2.40. The van der Waals surface area contributed by atoms with Crippen LogP contribution < -0.4 is 4.74 Å². The van der Waals surface area contributed by atoms with Crippen LogP contribution in [0, 0.1) is 12.7 Å². The van der Waals surface area contributed by atoms with Gasteiger partial charge in [-0.25, -0.2) is 9.37 Å². The molecular weight excluding hydrogens is 344 g/mol. The van der Waals surface area contributed by atoms with Gasteiger partial charge in [0.05, 0.1) is 9.50 Å². The Hall–Kier alpha value is -0.840. The molecule has 1 aromatic carbocycles. The van der Waals surface area contributed by atoms with Crippen molar-refractivity contribution in [2.45, 2.75) is 6.92 Å². The Labute approximate surface area is 122 Å². The third-order valence-electron chi connectivity index (χ3n) is 2.22. The molecule has 0 amide bonds. The molecule has 0 saturated heterocycles. The number of benzene rings is 1. The van der Waals surface area contributed by atoms with Gasteiger partial charge in [-0.3, -0.25) is 0 Å². The Kier molecular flexibility index (Phi) is 4.10. The van der Waals surface area contributed by atoms with Gasteiger partial charge in [0.15, 0.2) is 0 Å². The lowest BCUT2D eigenvalue weighted by Gasteiger charge is -2.10. The molecule has 0 N–H and O–H groups in total. The first-order chi connectivity index (χ1) is 8.47. The molecule has 18 heavy (non-hydrogen) atoms.